The van der Waals surface area contributed by atoms with Crippen molar-refractivity contribution in [1.29, 1.82) is 0 Å². The lowest BCUT2D eigenvalue weighted by atomic mass is 10.1. The number of aromatic hydroxyl groups is 1. The maximum absolute atomic E-state index is 12.8. The van der Waals surface area contributed by atoms with Crippen molar-refractivity contribution >= 4 is 23.5 Å². The Balaban J connectivity index is 1.88. The highest BCUT2D eigenvalue weighted by Crippen LogP contribution is 2.27. The number of likely N-dealkylation sites (tertiary alicyclic amines) is 1. The summed E-state index contributed by atoms with van der Waals surface area (Å²) in [5.74, 6) is -1.28. The van der Waals surface area contributed by atoms with Gasteiger partial charge in [0.15, 0.2) is 0 Å². The first-order valence-corrected chi connectivity index (χ1v) is 8.47. The molecule has 25 heavy (non-hydrogen) atoms. The summed E-state index contributed by atoms with van der Waals surface area (Å²) in [5.41, 5.74) is 0.525. The zero-order valence-electron chi connectivity index (χ0n) is 13.5. The molecule has 130 valence electrons. The minimum absolute atomic E-state index is 0.0670. The Hall–Kier alpha value is -2.53. The van der Waals surface area contributed by atoms with Crippen molar-refractivity contribution in [3.63, 3.8) is 0 Å². The van der Waals surface area contributed by atoms with Crippen molar-refractivity contribution in [2.75, 3.05) is 13.1 Å². The van der Waals surface area contributed by atoms with Gasteiger partial charge in [-0.05, 0) is 31.0 Å². The van der Waals surface area contributed by atoms with Crippen molar-refractivity contribution in [3.8, 4) is 5.75 Å². The van der Waals surface area contributed by atoms with E-state index in [1.807, 2.05) is 6.07 Å². The van der Waals surface area contributed by atoms with Crippen molar-refractivity contribution in [2.45, 2.75) is 18.9 Å². The van der Waals surface area contributed by atoms with Crippen LogP contribution in [0.5, 0.6) is 5.75 Å². The Morgan fingerprint density at radius 3 is 2.44 bits per heavy atom. The summed E-state index contributed by atoms with van der Waals surface area (Å²) in [4.78, 5) is 27.0. The minimum Gasteiger partial charge on any atom is -0.507 e. The molecule has 0 radical (unpaired) electrons. The number of amides is 1. The summed E-state index contributed by atoms with van der Waals surface area (Å²) in [6, 6.07) is 13.0. The molecule has 1 saturated heterocycles. The first kappa shape index (κ1) is 17.3. The highest BCUT2D eigenvalue weighted by Gasteiger charge is 2.31. The molecule has 1 N–H and O–H groups in total. The molecule has 1 atom stereocenters. The van der Waals surface area contributed by atoms with Gasteiger partial charge < -0.3 is 14.7 Å². The van der Waals surface area contributed by atoms with Crippen LogP contribution in [-0.2, 0) is 9.53 Å². The highest BCUT2D eigenvalue weighted by molar-refractivity contribution is 6.31. The van der Waals surface area contributed by atoms with E-state index in [9.17, 15) is 14.7 Å². The number of benzene rings is 2. The fraction of sp³-hybridized carbons (Fsp3) is 0.263. The summed E-state index contributed by atoms with van der Waals surface area (Å²) in [5, 5.41) is 10.2. The van der Waals surface area contributed by atoms with E-state index >= 15 is 0 Å². The van der Waals surface area contributed by atoms with Crippen LogP contribution in [0.1, 0.15) is 34.9 Å². The third-order valence-electron chi connectivity index (χ3n) is 4.15. The predicted molar refractivity (Wildman–Crippen MR) is 93.5 cm³/mol. The van der Waals surface area contributed by atoms with Crippen LogP contribution in [0, 0.1) is 0 Å². The van der Waals surface area contributed by atoms with Crippen molar-refractivity contribution < 1.29 is 19.4 Å². The number of hydrogen-bond donors (Lipinski definition) is 1. The number of phenolic OH excluding ortho intramolecular Hbond substituents is 1. The van der Waals surface area contributed by atoms with Gasteiger partial charge in [0, 0.05) is 23.7 Å². The van der Waals surface area contributed by atoms with Gasteiger partial charge in [-0.25, -0.2) is 4.79 Å². The van der Waals surface area contributed by atoms with E-state index in [4.69, 9.17) is 16.3 Å². The maximum atomic E-state index is 12.8. The second kappa shape index (κ2) is 7.57. The zero-order chi connectivity index (χ0) is 17.8. The van der Waals surface area contributed by atoms with E-state index in [1.54, 1.807) is 29.2 Å². The van der Waals surface area contributed by atoms with Crippen LogP contribution >= 0.6 is 11.6 Å². The van der Waals surface area contributed by atoms with E-state index in [2.05, 4.69) is 0 Å². The molecule has 2 aromatic carbocycles. The Labute approximate surface area is 150 Å². The topological polar surface area (TPSA) is 66.8 Å². The summed E-state index contributed by atoms with van der Waals surface area (Å²) in [6.07, 6.45) is 0.831. The number of rotatable bonds is 4. The number of halogens is 1. The van der Waals surface area contributed by atoms with Gasteiger partial charge in [-0.1, -0.05) is 41.9 Å². The zero-order valence-corrected chi connectivity index (χ0v) is 14.3. The smallest absolute Gasteiger partial charge is 0.343 e. The molecule has 1 aliphatic heterocycles. The fourth-order valence-corrected chi connectivity index (χ4v) is 3.01. The third-order valence-corrected chi connectivity index (χ3v) is 4.38. The molecular formula is C19H18ClNO4. The first-order chi connectivity index (χ1) is 12.1. The van der Waals surface area contributed by atoms with Gasteiger partial charge in [-0.2, -0.15) is 0 Å². The summed E-state index contributed by atoms with van der Waals surface area (Å²) < 4.78 is 5.48. The van der Waals surface area contributed by atoms with Crippen LogP contribution in [0.4, 0.5) is 0 Å². The lowest BCUT2D eigenvalue weighted by Gasteiger charge is -2.23. The molecule has 6 heteroatoms. The van der Waals surface area contributed by atoms with Gasteiger partial charge in [0.25, 0.3) is 5.91 Å². The van der Waals surface area contributed by atoms with Crippen molar-refractivity contribution in [3.05, 3.63) is 64.7 Å². The number of esters is 1. The molecule has 2 aromatic rings. The number of hydrogen-bond acceptors (Lipinski definition) is 4. The number of ether oxygens (including phenoxy) is 1. The standard InChI is InChI=1S/C19H18ClNO4/c20-14-8-9-16(22)15(12-14)19(24)25-17(13-6-2-1-3-7-13)18(23)21-10-4-5-11-21/h1-3,6-9,12,17,22H,4-5,10-11H2/t17-/m0/s1. The fourth-order valence-electron chi connectivity index (χ4n) is 2.83. The first-order valence-electron chi connectivity index (χ1n) is 8.09. The van der Waals surface area contributed by atoms with E-state index in [-0.39, 0.29) is 17.2 Å². The predicted octanol–water partition coefficient (Wildman–Crippen LogP) is 3.57. The molecule has 0 spiro atoms. The van der Waals surface area contributed by atoms with Crippen LogP contribution in [0.2, 0.25) is 5.02 Å². The number of phenols is 1. The molecular weight excluding hydrogens is 342 g/mol. The molecule has 0 aromatic heterocycles. The summed E-state index contributed by atoms with van der Waals surface area (Å²) >= 11 is 5.89. The second-order valence-corrected chi connectivity index (χ2v) is 6.33. The Kier molecular flexibility index (Phi) is 5.24. The molecule has 1 heterocycles. The third kappa shape index (κ3) is 3.94. The van der Waals surface area contributed by atoms with Crippen LogP contribution < -0.4 is 0 Å². The van der Waals surface area contributed by atoms with E-state index < -0.39 is 12.1 Å². The van der Waals surface area contributed by atoms with Crippen LogP contribution in [0.3, 0.4) is 0 Å². The SMILES string of the molecule is O=C(O[C@H](C(=O)N1CCCC1)c1ccccc1)c1cc(Cl)ccc1O. The number of carbonyl (C=O) groups is 2. The van der Waals surface area contributed by atoms with Gasteiger partial charge in [0.2, 0.25) is 6.10 Å². The number of carbonyl (C=O) groups excluding carboxylic acids is 2. The molecule has 5 nitrogen and oxygen atoms in total. The van der Waals surface area contributed by atoms with Gasteiger partial charge in [0.05, 0.1) is 0 Å². The average Bonchev–Trinajstić information content (AvgIpc) is 3.16. The lowest BCUT2D eigenvalue weighted by molar-refractivity contribution is -0.140. The molecule has 0 bridgehead atoms. The molecule has 1 aliphatic rings. The molecule has 1 fully saturated rings. The number of nitrogens with zero attached hydrogens (tertiary/aromatic N) is 1. The quantitative estimate of drug-likeness (QED) is 0.847. The molecule has 0 aliphatic carbocycles. The average molecular weight is 360 g/mol. The van der Waals surface area contributed by atoms with Gasteiger partial charge in [-0.15, -0.1) is 0 Å². The van der Waals surface area contributed by atoms with Crippen LogP contribution in [-0.4, -0.2) is 35.0 Å². The largest absolute Gasteiger partial charge is 0.507 e. The monoisotopic (exact) mass is 359 g/mol. The van der Waals surface area contributed by atoms with Gasteiger partial charge in [0.1, 0.15) is 11.3 Å². The highest BCUT2D eigenvalue weighted by atomic mass is 35.5. The van der Waals surface area contributed by atoms with Crippen LogP contribution in [0.15, 0.2) is 48.5 Å². The van der Waals surface area contributed by atoms with Gasteiger partial charge >= 0.3 is 5.97 Å². The van der Waals surface area contributed by atoms with Crippen molar-refractivity contribution in [2.24, 2.45) is 0 Å². The van der Waals surface area contributed by atoms with E-state index in [0.29, 0.717) is 23.7 Å². The van der Waals surface area contributed by atoms with Gasteiger partial charge in [-0.3, -0.25) is 4.79 Å². The van der Waals surface area contributed by atoms with Crippen LogP contribution in [0.25, 0.3) is 0 Å². The summed E-state index contributed by atoms with van der Waals surface area (Å²) in [7, 11) is 0. The molecule has 1 amide bonds. The molecule has 0 unspecified atom stereocenters. The second-order valence-electron chi connectivity index (χ2n) is 5.89. The molecule has 0 saturated carbocycles. The Morgan fingerprint density at radius 2 is 1.76 bits per heavy atom. The summed E-state index contributed by atoms with van der Waals surface area (Å²) in [6.45, 7) is 1.31. The van der Waals surface area contributed by atoms with Crippen molar-refractivity contribution in [1.82, 2.24) is 4.90 Å². The maximum Gasteiger partial charge on any atom is 0.343 e. The minimum atomic E-state index is -1.05. The normalized spacial score (nSPS) is 15.0. The van der Waals surface area contributed by atoms with E-state index in [0.717, 1.165) is 12.8 Å². The Bertz CT molecular complexity index is 772. The molecule has 3 rings (SSSR count). The Morgan fingerprint density at radius 1 is 1.08 bits per heavy atom. The van der Waals surface area contributed by atoms with E-state index in [1.165, 1.54) is 18.2 Å². The lowest BCUT2D eigenvalue weighted by Crippen LogP contribution is -2.34.